The maximum Gasteiger partial charge on any atom is 0.0701 e. The van der Waals surface area contributed by atoms with Crippen LogP contribution in [0.5, 0.6) is 0 Å². The highest BCUT2D eigenvalue weighted by atomic mass is 16.5. The first kappa shape index (κ1) is 27.7. The molecule has 0 spiro atoms. The first-order chi connectivity index (χ1) is 13.6. The van der Waals surface area contributed by atoms with Crippen molar-refractivity contribution in [2.45, 2.75) is 27.2 Å². The minimum absolute atomic E-state index is 0.00999. The summed E-state index contributed by atoms with van der Waals surface area (Å²) < 4.78 is 33.5. The van der Waals surface area contributed by atoms with Crippen LogP contribution in [-0.2, 0) is 28.4 Å². The lowest BCUT2D eigenvalue weighted by molar-refractivity contribution is -0.108. The van der Waals surface area contributed by atoms with Crippen LogP contribution in [0, 0.1) is 11.3 Å². The van der Waals surface area contributed by atoms with Crippen molar-refractivity contribution in [3.8, 4) is 0 Å². The van der Waals surface area contributed by atoms with Crippen LogP contribution in [-0.4, -0.2) is 103 Å². The first-order valence-corrected chi connectivity index (χ1v) is 10.3. The molecule has 8 heteroatoms. The molecule has 0 aliphatic heterocycles. The largest absolute Gasteiger partial charge is 0.394 e. The predicted octanol–water partition coefficient (Wildman–Crippen LogP) is 1.12. The van der Waals surface area contributed by atoms with Crippen LogP contribution in [0.2, 0.25) is 0 Å². The van der Waals surface area contributed by atoms with Crippen molar-refractivity contribution in [3.05, 3.63) is 0 Å². The number of ether oxygens (including phenoxy) is 6. The zero-order valence-corrected chi connectivity index (χ0v) is 18.0. The van der Waals surface area contributed by atoms with Gasteiger partial charge < -0.3 is 38.6 Å². The second-order valence-corrected chi connectivity index (χ2v) is 6.96. The molecule has 0 atom stereocenters. The van der Waals surface area contributed by atoms with Gasteiger partial charge in [0.1, 0.15) is 0 Å². The van der Waals surface area contributed by atoms with Crippen LogP contribution in [0.1, 0.15) is 27.2 Å². The van der Waals surface area contributed by atoms with Gasteiger partial charge in [0.05, 0.1) is 85.9 Å². The Morgan fingerprint density at radius 1 is 0.571 bits per heavy atom. The zero-order chi connectivity index (χ0) is 20.9. The molecule has 28 heavy (non-hydrogen) atoms. The van der Waals surface area contributed by atoms with Crippen molar-refractivity contribution in [1.29, 1.82) is 0 Å². The Morgan fingerprint density at radius 2 is 0.929 bits per heavy atom. The van der Waals surface area contributed by atoms with E-state index in [4.69, 9.17) is 38.6 Å². The van der Waals surface area contributed by atoms with Crippen molar-refractivity contribution < 1.29 is 38.6 Å². The molecule has 0 aromatic heterocycles. The van der Waals surface area contributed by atoms with E-state index in [1.54, 1.807) is 0 Å². The molecule has 8 nitrogen and oxygen atoms in total. The summed E-state index contributed by atoms with van der Waals surface area (Å²) in [4.78, 5) is 0. The lowest BCUT2D eigenvalue weighted by Gasteiger charge is -2.37. The lowest BCUT2D eigenvalue weighted by Crippen LogP contribution is -2.43. The molecule has 0 radical (unpaired) electrons. The quantitative estimate of drug-likeness (QED) is 0.256. The van der Waals surface area contributed by atoms with E-state index in [1.807, 2.05) is 0 Å². The van der Waals surface area contributed by atoms with Gasteiger partial charge in [0.2, 0.25) is 0 Å². The molecule has 0 saturated carbocycles. The van der Waals surface area contributed by atoms with Gasteiger partial charge in [-0.3, -0.25) is 0 Å². The van der Waals surface area contributed by atoms with Crippen LogP contribution in [0.3, 0.4) is 0 Å². The third-order valence-electron chi connectivity index (χ3n) is 4.33. The van der Waals surface area contributed by atoms with Crippen LogP contribution < -0.4 is 0 Å². The van der Waals surface area contributed by atoms with Crippen molar-refractivity contribution in [2.75, 3.05) is 92.5 Å². The first-order valence-electron chi connectivity index (χ1n) is 10.3. The molecule has 0 unspecified atom stereocenters. The Bertz CT molecular complexity index is 274. The minimum Gasteiger partial charge on any atom is -0.394 e. The molecule has 0 bridgehead atoms. The third kappa shape index (κ3) is 14.6. The van der Waals surface area contributed by atoms with Gasteiger partial charge in [-0.05, 0) is 12.3 Å². The minimum atomic E-state index is -0.293. The summed E-state index contributed by atoms with van der Waals surface area (Å²) in [7, 11) is 0. The van der Waals surface area contributed by atoms with Gasteiger partial charge in [0, 0.05) is 12.0 Å². The van der Waals surface area contributed by atoms with Gasteiger partial charge in [-0.25, -0.2) is 0 Å². The van der Waals surface area contributed by atoms with Gasteiger partial charge in [-0.15, -0.1) is 0 Å². The molecule has 2 N–H and O–H groups in total. The summed E-state index contributed by atoms with van der Waals surface area (Å²) >= 11 is 0. The van der Waals surface area contributed by atoms with Crippen LogP contribution in [0.15, 0.2) is 0 Å². The standard InChI is InChI=1S/C20H42O8/c1-4-7-23-10-13-26-16-20(19(2)3,17-27-14-11-24-8-5-21)18-28-15-12-25-9-6-22/h19,21-22H,4-18H2,1-3H3. The van der Waals surface area contributed by atoms with E-state index < -0.39 is 0 Å². The molecule has 0 aliphatic rings. The summed E-state index contributed by atoms with van der Waals surface area (Å²) in [6.45, 7) is 12.1. The summed E-state index contributed by atoms with van der Waals surface area (Å²) in [5.41, 5.74) is -0.293. The van der Waals surface area contributed by atoms with Gasteiger partial charge in [-0.1, -0.05) is 20.8 Å². The molecule has 170 valence electrons. The van der Waals surface area contributed by atoms with Crippen LogP contribution in [0.25, 0.3) is 0 Å². The topological polar surface area (TPSA) is 95.8 Å². The highest BCUT2D eigenvalue weighted by molar-refractivity contribution is 4.82. The van der Waals surface area contributed by atoms with Crippen molar-refractivity contribution in [2.24, 2.45) is 11.3 Å². The van der Waals surface area contributed by atoms with Crippen molar-refractivity contribution in [3.63, 3.8) is 0 Å². The normalized spacial score (nSPS) is 12.2. The Labute approximate surface area is 170 Å². The number of aliphatic hydroxyl groups is 2. The van der Waals surface area contributed by atoms with E-state index in [0.717, 1.165) is 13.0 Å². The SMILES string of the molecule is CCCOCCOCC(COCCOCCO)(COCCOCCO)C(C)C. The maximum atomic E-state index is 8.74. The molecule has 0 heterocycles. The molecule has 0 rings (SSSR count). The van der Waals surface area contributed by atoms with Gasteiger partial charge in [-0.2, -0.15) is 0 Å². The molecule has 0 aromatic carbocycles. The number of rotatable bonds is 22. The average molecular weight is 411 g/mol. The highest BCUT2D eigenvalue weighted by Crippen LogP contribution is 2.29. The number of aliphatic hydroxyl groups excluding tert-OH is 2. The Hall–Kier alpha value is -0.320. The van der Waals surface area contributed by atoms with Crippen molar-refractivity contribution >= 4 is 0 Å². The maximum absolute atomic E-state index is 8.74. The molecule has 0 aliphatic carbocycles. The van der Waals surface area contributed by atoms with Gasteiger partial charge in [0.25, 0.3) is 0 Å². The Morgan fingerprint density at radius 3 is 1.25 bits per heavy atom. The molecule has 0 aromatic rings. The van der Waals surface area contributed by atoms with Crippen molar-refractivity contribution in [1.82, 2.24) is 0 Å². The van der Waals surface area contributed by atoms with Crippen LogP contribution >= 0.6 is 0 Å². The summed E-state index contributed by atoms with van der Waals surface area (Å²) in [6.07, 6.45) is 0.994. The monoisotopic (exact) mass is 410 g/mol. The lowest BCUT2D eigenvalue weighted by atomic mass is 9.79. The van der Waals surface area contributed by atoms with E-state index in [9.17, 15) is 0 Å². The smallest absolute Gasteiger partial charge is 0.0701 e. The predicted molar refractivity (Wildman–Crippen MR) is 107 cm³/mol. The van der Waals surface area contributed by atoms with Crippen LogP contribution in [0.4, 0.5) is 0 Å². The number of hydrogen-bond acceptors (Lipinski definition) is 8. The Balaban J connectivity index is 4.45. The average Bonchev–Trinajstić information content (AvgIpc) is 2.69. The fraction of sp³-hybridized carbons (Fsp3) is 1.00. The van der Waals surface area contributed by atoms with E-state index >= 15 is 0 Å². The molecule has 0 fully saturated rings. The fourth-order valence-electron chi connectivity index (χ4n) is 2.38. The van der Waals surface area contributed by atoms with Gasteiger partial charge in [0.15, 0.2) is 0 Å². The number of hydrogen-bond donors (Lipinski definition) is 2. The van der Waals surface area contributed by atoms with E-state index in [0.29, 0.717) is 72.7 Å². The summed E-state index contributed by atoms with van der Waals surface area (Å²) in [6, 6.07) is 0. The van der Waals surface area contributed by atoms with E-state index in [-0.39, 0.29) is 24.5 Å². The molecule has 0 saturated heterocycles. The van der Waals surface area contributed by atoms with E-state index in [1.165, 1.54) is 0 Å². The zero-order valence-electron chi connectivity index (χ0n) is 18.0. The van der Waals surface area contributed by atoms with Gasteiger partial charge >= 0.3 is 0 Å². The van der Waals surface area contributed by atoms with E-state index in [2.05, 4.69) is 20.8 Å². The molecular formula is C20H42O8. The highest BCUT2D eigenvalue weighted by Gasteiger charge is 2.35. The second-order valence-electron chi connectivity index (χ2n) is 6.96. The summed E-state index contributed by atoms with van der Waals surface area (Å²) in [5.74, 6) is 0.279. The fourth-order valence-corrected chi connectivity index (χ4v) is 2.38. The third-order valence-corrected chi connectivity index (χ3v) is 4.33. The molecule has 0 amide bonds. The Kier molecular flexibility index (Phi) is 19.7. The second kappa shape index (κ2) is 20.0. The summed E-state index contributed by atoms with van der Waals surface area (Å²) in [5, 5.41) is 17.5. The molecular weight excluding hydrogens is 368 g/mol.